The summed E-state index contributed by atoms with van der Waals surface area (Å²) in [5.74, 6) is -1.21. The van der Waals surface area contributed by atoms with Crippen molar-refractivity contribution in [3.8, 4) is 5.75 Å². The molecule has 4 aromatic rings. The molecule has 0 unspecified atom stereocenters. The second-order valence-electron chi connectivity index (χ2n) is 9.83. The molecule has 11 heteroatoms. The minimum absolute atomic E-state index is 0.447. The highest BCUT2D eigenvalue weighted by Crippen LogP contribution is 2.39. The molecule has 0 aliphatic rings. The Kier molecular flexibility index (Phi) is 12.1. The van der Waals surface area contributed by atoms with E-state index in [0.717, 1.165) is 25.9 Å². The summed E-state index contributed by atoms with van der Waals surface area (Å²) in [6.07, 6.45) is 5.86. The van der Waals surface area contributed by atoms with E-state index >= 15 is 0 Å². The van der Waals surface area contributed by atoms with Crippen molar-refractivity contribution in [3.05, 3.63) is 144 Å². The van der Waals surface area contributed by atoms with E-state index in [-0.39, 0.29) is 0 Å². The number of unbranched alkanes of at least 4 members (excludes halogenated alkanes) is 1. The van der Waals surface area contributed by atoms with Crippen LogP contribution in [0.2, 0.25) is 0 Å². The van der Waals surface area contributed by atoms with Gasteiger partial charge in [-0.05, 0) is 54.5 Å². The Labute approximate surface area is 249 Å². The first kappa shape index (κ1) is 32.2. The Bertz CT molecular complexity index is 1420. The Morgan fingerprint density at radius 2 is 1.07 bits per heavy atom. The van der Waals surface area contributed by atoms with Gasteiger partial charge >= 0.3 is 11.4 Å². The van der Waals surface area contributed by atoms with Gasteiger partial charge in [0.1, 0.15) is 0 Å². The predicted octanol–water partition coefficient (Wildman–Crippen LogP) is 7.44. The fourth-order valence-electron chi connectivity index (χ4n) is 4.42. The van der Waals surface area contributed by atoms with Gasteiger partial charge in [-0.2, -0.15) is 0 Å². The van der Waals surface area contributed by atoms with E-state index in [1.165, 1.54) is 41.6 Å². The number of nitrogens with zero attached hydrogens (tertiary/aromatic N) is 4. The maximum Gasteiger partial charge on any atom is 0.324 e. The number of hydrogen-bond acceptors (Lipinski definition) is 8. The maximum absolute atomic E-state index is 10.4. The molecular weight excluding hydrogens is 552 g/mol. The molecule has 0 spiro atoms. The van der Waals surface area contributed by atoms with Gasteiger partial charge in [-0.25, -0.2) is 0 Å². The average molecular weight is 587 g/mol. The zero-order chi connectivity index (χ0) is 31.2. The third kappa shape index (κ3) is 9.92. The van der Waals surface area contributed by atoms with Crippen molar-refractivity contribution in [2.45, 2.75) is 39.0 Å². The molecule has 0 saturated heterocycles. The number of phenolic OH excluding ortho intramolecular Hbond substituents is 1. The summed E-state index contributed by atoms with van der Waals surface area (Å²) >= 11 is 0. The molecule has 0 radical (unpaired) electrons. The molecule has 4 aromatic carbocycles. The summed E-state index contributed by atoms with van der Waals surface area (Å²) < 4.78 is 0. The van der Waals surface area contributed by atoms with Gasteiger partial charge < -0.3 is 10.0 Å². The molecule has 0 aliphatic heterocycles. The van der Waals surface area contributed by atoms with Gasteiger partial charge in [0, 0.05) is 18.8 Å². The lowest BCUT2D eigenvalue weighted by Crippen LogP contribution is -2.28. The summed E-state index contributed by atoms with van der Waals surface area (Å²) in [5.41, 5.74) is 2.59. The van der Waals surface area contributed by atoms with E-state index in [0.29, 0.717) is 12.1 Å². The second kappa shape index (κ2) is 16.2. The third-order valence-electron chi connectivity index (χ3n) is 6.81. The molecule has 0 aliphatic carbocycles. The van der Waals surface area contributed by atoms with Crippen molar-refractivity contribution in [1.82, 2.24) is 0 Å². The minimum atomic E-state index is -1.21. The molecule has 0 amide bonds. The molecule has 11 nitrogen and oxygen atoms in total. The quantitative estimate of drug-likeness (QED) is 0.125. The molecule has 0 saturated carbocycles. The normalized spacial score (nSPS) is 10.3. The van der Waals surface area contributed by atoms with Gasteiger partial charge in [0.05, 0.1) is 26.9 Å². The number of benzene rings is 4. The summed E-state index contributed by atoms with van der Waals surface area (Å²) in [6, 6.07) is 31.7. The summed E-state index contributed by atoms with van der Waals surface area (Å²) in [7, 11) is 0. The molecule has 43 heavy (non-hydrogen) atoms. The van der Waals surface area contributed by atoms with E-state index in [2.05, 4.69) is 96.8 Å². The number of nitro benzene ring substituents is 3. The Morgan fingerprint density at radius 3 is 1.47 bits per heavy atom. The molecule has 0 heterocycles. The van der Waals surface area contributed by atoms with Crippen LogP contribution in [0.3, 0.4) is 0 Å². The van der Waals surface area contributed by atoms with E-state index in [1.807, 2.05) is 0 Å². The highest BCUT2D eigenvalue weighted by atomic mass is 16.6. The van der Waals surface area contributed by atoms with Gasteiger partial charge in [-0.15, -0.1) is 0 Å². The molecule has 0 bridgehead atoms. The first-order valence-electron chi connectivity index (χ1n) is 13.9. The number of aromatic hydroxyl groups is 1. The number of non-ortho nitro benzene ring substituents is 1. The number of anilines is 1. The third-order valence-corrected chi connectivity index (χ3v) is 6.81. The van der Waals surface area contributed by atoms with Gasteiger partial charge in [0.2, 0.25) is 0 Å². The Morgan fingerprint density at radius 1 is 0.628 bits per heavy atom. The van der Waals surface area contributed by atoms with Crippen LogP contribution in [0.5, 0.6) is 5.75 Å². The number of phenols is 1. The Balaban J connectivity index is 0.000000271. The van der Waals surface area contributed by atoms with Crippen LogP contribution in [-0.4, -0.2) is 33.0 Å². The van der Waals surface area contributed by atoms with Crippen LogP contribution in [0.25, 0.3) is 0 Å². The van der Waals surface area contributed by atoms with Gasteiger partial charge in [-0.3, -0.25) is 30.3 Å². The van der Waals surface area contributed by atoms with Crippen molar-refractivity contribution in [2.24, 2.45) is 0 Å². The van der Waals surface area contributed by atoms with Gasteiger partial charge in [0.25, 0.3) is 11.4 Å². The highest BCUT2D eigenvalue weighted by Gasteiger charge is 2.30. The van der Waals surface area contributed by atoms with E-state index < -0.39 is 37.6 Å². The molecule has 1 N–H and O–H groups in total. The van der Waals surface area contributed by atoms with Crippen LogP contribution in [0.4, 0.5) is 22.7 Å². The monoisotopic (exact) mass is 586 g/mol. The van der Waals surface area contributed by atoms with Crippen LogP contribution in [0, 0.1) is 30.3 Å². The molecule has 0 fully saturated rings. The first-order chi connectivity index (χ1) is 20.7. The standard InChI is InChI=1S/C26H31N.C6H3N3O7/c1-2-3-10-25-15-17-26(18-16-25)27(21-19-23-11-6-4-7-12-23)22-20-24-13-8-5-9-14-24;10-6-4(8(13)14)1-3(7(11)12)2-5(6)9(15)16/h4-9,11-18H,2-3,10,19-22H2,1H3;1-2,10H. The number of aryl methyl sites for hydroxylation is 1. The fourth-order valence-corrected chi connectivity index (χ4v) is 4.42. The lowest BCUT2D eigenvalue weighted by molar-refractivity contribution is -0.404. The average Bonchev–Trinajstić information content (AvgIpc) is 3.01. The lowest BCUT2D eigenvalue weighted by Gasteiger charge is -2.25. The number of rotatable bonds is 13. The van der Waals surface area contributed by atoms with Gasteiger partial charge in [0.15, 0.2) is 0 Å². The van der Waals surface area contributed by atoms with E-state index in [4.69, 9.17) is 5.11 Å². The Hall–Kier alpha value is -5.32. The van der Waals surface area contributed by atoms with Crippen molar-refractivity contribution >= 4 is 22.7 Å². The summed E-state index contributed by atoms with van der Waals surface area (Å²) in [5, 5.41) is 40.2. The number of nitro groups is 3. The molecule has 0 aromatic heterocycles. The molecule has 224 valence electrons. The maximum atomic E-state index is 10.4. The summed E-state index contributed by atoms with van der Waals surface area (Å²) in [4.78, 5) is 30.3. The highest BCUT2D eigenvalue weighted by molar-refractivity contribution is 5.64. The van der Waals surface area contributed by atoms with Crippen LogP contribution < -0.4 is 4.90 Å². The van der Waals surface area contributed by atoms with Crippen LogP contribution in [0.1, 0.15) is 36.5 Å². The zero-order valence-corrected chi connectivity index (χ0v) is 23.9. The largest absolute Gasteiger partial charge is 0.497 e. The first-order valence-corrected chi connectivity index (χ1v) is 13.9. The van der Waals surface area contributed by atoms with Crippen molar-refractivity contribution in [2.75, 3.05) is 18.0 Å². The molecule has 4 rings (SSSR count). The lowest BCUT2D eigenvalue weighted by atomic mass is 10.1. The van der Waals surface area contributed by atoms with Gasteiger partial charge in [-0.1, -0.05) is 86.1 Å². The predicted molar refractivity (Wildman–Crippen MR) is 166 cm³/mol. The summed E-state index contributed by atoms with van der Waals surface area (Å²) in [6.45, 7) is 4.35. The molecule has 0 atom stereocenters. The SMILES string of the molecule is CCCCc1ccc(N(CCc2ccccc2)CCc2ccccc2)cc1.O=[N+]([O-])c1cc([N+](=O)[O-])c(O)c([N+](=O)[O-])c1. The van der Waals surface area contributed by atoms with Crippen molar-refractivity contribution < 1.29 is 19.9 Å². The second-order valence-corrected chi connectivity index (χ2v) is 9.83. The van der Waals surface area contributed by atoms with Crippen LogP contribution in [0.15, 0.2) is 97.1 Å². The number of hydrogen-bond donors (Lipinski definition) is 1. The van der Waals surface area contributed by atoms with Crippen molar-refractivity contribution in [3.63, 3.8) is 0 Å². The minimum Gasteiger partial charge on any atom is -0.497 e. The smallest absolute Gasteiger partial charge is 0.324 e. The van der Waals surface area contributed by atoms with E-state index in [9.17, 15) is 30.3 Å². The van der Waals surface area contributed by atoms with Crippen LogP contribution >= 0.6 is 0 Å². The zero-order valence-electron chi connectivity index (χ0n) is 23.9. The topological polar surface area (TPSA) is 153 Å². The molecular formula is C32H34N4O7. The fraction of sp³-hybridized carbons (Fsp3) is 0.250. The van der Waals surface area contributed by atoms with Crippen molar-refractivity contribution in [1.29, 1.82) is 0 Å². The van der Waals surface area contributed by atoms with E-state index in [1.54, 1.807) is 0 Å². The van der Waals surface area contributed by atoms with Crippen LogP contribution in [-0.2, 0) is 19.3 Å².